The van der Waals surface area contributed by atoms with Crippen LogP contribution in [0.2, 0.25) is 0 Å². The molecule has 0 N–H and O–H groups in total. The molecular weight excluding hydrogens is 310 g/mol. The van der Waals surface area contributed by atoms with Crippen molar-refractivity contribution >= 4 is 15.9 Å². The number of unbranched alkanes of at least 4 members (excludes halogenated alkanes) is 9. The zero-order valence-corrected chi connectivity index (χ0v) is 16.0. The van der Waals surface area contributed by atoms with Crippen LogP contribution in [0.3, 0.4) is 0 Å². The summed E-state index contributed by atoms with van der Waals surface area (Å²) in [7, 11) is 2.47. The normalized spacial score (nSPS) is 14.4. The van der Waals surface area contributed by atoms with Gasteiger partial charge >= 0.3 is 0 Å². The molecule has 0 aromatic rings. The van der Waals surface area contributed by atoms with Gasteiger partial charge in [-0.15, -0.1) is 0 Å². The maximum Gasteiger partial charge on any atom is 0.0883 e. The summed E-state index contributed by atoms with van der Waals surface area (Å²) in [5.74, 6) is 0. The van der Waals surface area contributed by atoms with Crippen molar-refractivity contribution in [1.29, 1.82) is 0 Å². The van der Waals surface area contributed by atoms with E-state index in [0.29, 0.717) is 0 Å². The lowest BCUT2D eigenvalue weighted by Crippen LogP contribution is -2.46. The first-order chi connectivity index (χ1) is 9.68. The Balaban J connectivity index is 3.74. The predicted molar refractivity (Wildman–Crippen MR) is 96.7 cm³/mol. The van der Waals surface area contributed by atoms with Gasteiger partial charge in [0.1, 0.15) is 0 Å². The fraction of sp³-hybridized carbons (Fsp3) is 1.00. The Morgan fingerprint density at radius 3 is 1.40 bits per heavy atom. The molecule has 0 saturated heterocycles. The van der Waals surface area contributed by atoms with Gasteiger partial charge in [-0.05, 0) is 25.7 Å². The molecule has 0 heterocycles. The lowest BCUT2D eigenvalue weighted by Gasteiger charge is -2.34. The van der Waals surface area contributed by atoms with E-state index in [9.17, 15) is 0 Å². The number of halogens is 1. The Hall–Kier alpha value is 0.440. The molecule has 0 aliphatic carbocycles. The second kappa shape index (κ2) is 14.4. The van der Waals surface area contributed by atoms with Crippen LogP contribution in [0.5, 0.6) is 0 Å². The summed E-state index contributed by atoms with van der Waals surface area (Å²) < 4.78 is 1.28. The Morgan fingerprint density at radius 1 is 0.600 bits per heavy atom. The van der Waals surface area contributed by atoms with Crippen molar-refractivity contribution < 1.29 is 4.48 Å². The SMILES string of the molecule is CCCCCCCC[N+](C)(CCBr)CCCCCCC. The average molecular weight is 349 g/mol. The molecule has 0 amide bonds. The number of hydrogen-bond donors (Lipinski definition) is 0. The monoisotopic (exact) mass is 348 g/mol. The molecule has 122 valence electrons. The fourth-order valence-corrected chi connectivity index (χ4v) is 3.77. The third-order valence-corrected chi connectivity index (χ3v) is 4.83. The van der Waals surface area contributed by atoms with E-state index in [1.54, 1.807) is 0 Å². The van der Waals surface area contributed by atoms with Gasteiger partial charge in [0.15, 0.2) is 0 Å². The van der Waals surface area contributed by atoms with Gasteiger partial charge in [-0.1, -0.05) is 74.7 Å². The second-order valence-corrected chi connectivity index (χ2v) is 7.45. The third kappa shape index (κ3) is 12.2. The van der Waals surface area contributed by atoms with Crippen molar-refractivity contribution in [3.63, 3.8) is 0 Å². The fourth-order valence-electron chi connectivity index (χ4n) is 2.91. The van der Waals surface area contributed by atoms with Gasteiger partial charge in [-0.3, -0.25) is 0 Å². The van der Waals surface area contributed by atoms with Gasteiger partial charge in [0.25, 0.3) is 0 Å². The summed E-state index contributed by atoms with van der Waals surface area (Å²) in [5, 5.41) is 1.15. The molecule has 1 nitrogen and oxygen atoms in total. The predicted octanol–water partition coefficient (Wildman–Crippen LogP) is 6.16. The highest BCUT2D eigenvalue weighted by molar-refractivity contribution is 9.09. The minimum atomic E-state index is 1.15. The molecule has 0 radical (unpaired) electrons. The van der Waals surface area contributed by atoms with Crippen molar-refractivity contribution in [1.82, 2.24) is 0 Å². The molecule has 2 heteroatoms. The van der Waals surface area contributed by atoms with E-state index >= 15 is 0 Å². The van der Waals surface area contributed by atoms with Gasteiger partial charge in [-0.25, -0.2) is 0 Å². The van der Waals surface area contributed by atoms with E-state index < -0.39 is 0 Å². The maximum absolute atomic E-state index is 3.65. The number of nitrogens with zero attached hydrogens (tertiary/aromatic N) is 1. The van der Waals surface area contributed by atoms with E-state index in [2.05, 4.69) is 36.8 Å². The van der Waals surface area contributed by atoms with Gasteiger partial charge in [0.05, 0.1) is 32.0 Å². The lowest BCUT2D eigenvalue weighted by atomic mass is 10.1. The van der Waals surface area contributed by atoms with Crippen LogP contribution in [-0.4, -0.2) is 36.5 Å². The van der Waals surface area contributed by atoms with Crippen LogP contribution in [0.1, 0.15) is 84.5 Å². The van der Waals surface area contributed by atoms with Crippen LogP contribution in [0.15, 0.2) is 0 Å². The van der Waals surface area contributed by atoms with E-state index in [4.69, 9.17) is 0 Å². The van der Waals surface area contributed by atoms with E-state index in [1.807, 2.05) is 0 Å². The molecule has 1 unspecified atom stereocenters. The Labute approximate surface area is 137 Å². The standard InChI is InChI=1S/C18H39BrN/c1-4-6-8-10-12-14-17-20(3,18-15-19)16-13-11-9-7-5-2/h4-18H2,1-3H3/q+1. The van der Waals surface area contributed by atoms with E-state index in [-0.39, 0.29) is 0 Å². The Bertz CT molecular complexity index is 196. The number of hydrogen-bond acceptors (Lipinski definition) is 0. The van der Waals surface area contributed by atoms with Gasteiger partial charge in [-0.2, -0.15) is 0 Å². The topological polar surface area (TPSA) is 0 Å². The highest BCUT2D eigenvalue weighted by atomic mass is 79.9. The van der Waals surface area contributed by atoms with Crippen LogP contribution in [0.4, 0.5) is 0 Å². The minimum absolute atomic E-state index is 1.15. The molecule has 20 heavy (non-hydrogen) atoms. The summed E-state index contributed by atoms with van der Waals surface area (Å²) in [6.45, 7) is 8.64. The lowest BCUT2D eigenvalue weighted by molar-refractivity contribution is -0.907. The molecule has 0 bridgehead atoms. The quantitative estimate of drug-likeness (QED) is 0.189. The average Bonchev–Trinajstić information content (AvgIpc) is 2.43. The van der Waals surface area contributed by atoms with Gasteiger partial charge in [0.2, 0.25) is 0 Å². The zero-order valence-electron chi connectivity index (χ0n) is 14.4. The Kier molecular flexibility index (Phi) is 14.7. The molecule has 0 saturated carbocycles. The van der Waals surface area contributed by atoms with E-state index in [0.717, 1.165) is 5.33 Å². The molecule has 0 rings (SSSR count). The minimum Gasteiger partial charge on any atom is -0.325 e. The van der Waals surface area contributed by atoms with Crippen molar-refractivity contribution in [2.75, 3.05) is 32.0 Å². The summed E-state index contributed by atoms with van der Waals surface area (Å²) in [6, 6.07) is 0. The van der Waals surface area contributed by atoms with Gasteiger partial charge in [0, 0.05) is 0 Å². The van der Waals surface area contributed by atoms with E-state index in [1.165, 1.54) is 94.7 Å². The van der Waals surface area contributed by atoms with Crippen LogP contribution < -0.4 is 0 Å². The van der Waals surface area contributed by atoms with Crippen LogP contribution >= 0.6 is 15.9 Å². The summed E-state index contributed by atoms with van der Waals surface area (Å²) in [6.07, 6.45) is 15.6. The van der Waals surface area contributed by atoms with Crippen molar-refractivity contribution in [2.45, 2.75) is 84.5 Å². The zero-order chi connectivity index (χ0) is 15.1. The molecule has 0 spiro atoms. The summed E-state index contributed by atoms with van der Waals surface area (Å²) in [5.41, 5.74) is 0. The first-order valence-electron chi connectivity index (χ1n) is 9.08. The molecule has 0 aliphatic heterocycles. The number of quaternary nitrogens is 1. The largest absolute Gasteiger partial charge is 0.325 e. The molecular formula is C18H39BrN+. The molecule has 0 aromatic heterocycles. The number of alkyl halides is 1. The maximum atomic E-state index is 3.65. The molecule has 0 fully saturated rings. The highest BCUT2D eigenvalue weighted by Crippen LogP contribution is 2.13. The third-order valence-electron chi connectivity index (χ3n) is 4.48. The van der Waals surface area contributed by atoms with Crippen molar-refractivity contribution in [2.24, 2.45) is 0 Å². The van der Waals surface area contributed by atoms with Crippen molar-refractivity contribution in [3.8, 4) is 0 Å². The van der Waals surface area contributed by atoms with Gasteiger partial charge < -0.3 is 4.48 Å². The van der Waals surface area contributed by atoms with Crippen LogP contribution in [0.25, 0.3) is 0 Å². The van der Waals surface area contributed by atoms with Crippen molar-refractivity contribution in [3.05, 3.63) is 0 Å². The smallest absolute Gasteiger partial charge is 0.0883 e. The summed E-state index contributed by atoms with van der Waals surface area (Å²) >= 11 is 3.65. The molecule has 1 atom stereocenters. The summed E-state index contributed by atoms with van der Waals surface area (Å²) in [4.78, 5) is 0. The van der Waals surface area contributed by atoms with Crippen LogP contribution in [-0.2, 0) is 0 Å². The first kappa shape index (κ1) is 20.4. The molecule has 0 aliphatic rings. The number of rotatable bonds is 15. The second-order valence-electron chi connectivity index (χ2n) is 6.66. The highest BCUT2D eigenvalue weighted by Gasteiger charge is 2.19. The first-order valence-corrected chi connectivity index (χ1v) is 10.2. The van der Waals surface area contributed by atoms with Crippen LogP contribution in [0, 0.1) is 0 Å². The Morgan fingerprint density at radius 2 is 1.00 bits per heavy atom. The molecule has 0 aromatic carbocycles.